The van der Waals surface area contributed by atoms with Crippen molar-refractivity contribution in [3.05, 3.63) is 12.4 Å². The van der Waals surface area contributed by atoms with E-state index in [1.165, 1.54) is 12.8 Å². The molecule has 1 aliphatic heterocycles. The Morgan fingerprint density at radius 1 is 1.40 bits per heavy atom. The fourth-order valence-corrected chi connectivity index (χ4v) is 1.76. The summed E-state index contributed by atoms with van der Waals surface area (Å²) in [6.07, 6.45) is 4.00. The van der Waals surface area contributed by atoms with Crippen LogP contribution in [0.25, 0.3) is 0 Å². The second-order valence-corrected chi connectivity index (χ2v) is 3.73. The number of rotatable bonds is 3. The minimum atomic E-state index is 0.485. The number of piperidine rings is 1. The summed E-state index contributed by atoms with van der Waals surface area (Å²) < 4.78 is 0. The number of hydrogen-bond donors (Lipinski definition) is 3. The van der Waals surface area contributed by atoms with Crippen molar-refractivity contribution >= 4 is 11.6 Å². The molecule has 3 N–H and O–H groups in total. The predicted octanol–water partition coefficient (Wildman–Crippen LogP) is 0.682. The van der Waals surface area contributed by atoms with Crippen LogP contribution in [0, 0.1) is 0 Å². The first-order valence-electron chi connectivity index (χ1n) is 5.35. The Morgan fingerprint density at radius 3 is 3.00 bits per heavy atom. The second kappa shape index (κ2) is 4.93. The zero-order valence-corrected chi connectivity index (χ0v) is 8.95. The van der Waals surface area contributed by atoms with Gasteiger partial charge in [-0.3, -0.25) is 0 Å². The minimum absolute atomic E-state index is 0.485. The second-order valence-electron chi connectivity index (χ2n) is 3.73. The minimum Gasteiger partial charge on any atom is -0.373 e. The van der Waals surface area contributed by atoms with E-state index in [1.807, 2.05) is 13.1 Å². The summed E-state index contributed by atoms with van der Waals surface area (Å²) in [6.45, 7) is 2.14. The van der Waals surface area contributed by atoms with Gasteiger partial charge in [0.2, 0.25) is 0 Å². The van der Waals surface area contributed by atoms with Gasteiger partial charge in [0.05, 0.1) is 0 Å². The van der Waals surface area contributed by atoms with Crippen molar-refractivity contribution in [3.8, 4) is 0 Å². The Bertz CT molecular complexity index is 308. The lowest BCUT2D eigenvalue weighted by Crippen LogP contribution is -2.38. The maximum atomic E-state index is 4.19. The Morgan fingerprint density at radius 2 is 2.27 bits per heavy atom. The highest BCUT2D eigenvalue weighted by Gasteiger charge is 2.12. The Balaban J connectivity index is 1.96. The molecule has 0 saturated carbocycles. The molecule has 1 aromatic heterocycles. The van der Waals surface area contributed by atoms with Gasteiger partial charge in [-0.2, -0.15) is 0 Å². The fraction of sp³-hybridized carbons (Fsp3) is 0.600. The molecule has 5 heteroatoms. The third kappa shape index (κ3) is 2.79. The number of anilines is 2. The van der Waals surface area contributed by atoms with E-state index in [2.05, 4.69) is 25.9 Å². The van der Waals surface area contributed by atoms with Crippen LogP contribution in [0.5, 0.6) is 0 Å². The van der Waals surface area contributed by atoms with Gasteiger partial charge in [0, 0.05) is 25.7 Å². The van der Waals surface area contributed by atoms with Crippen molar-refractivity contribution in [1.29, 1.82) is 0 Å². The molecular weight excluding hydrogens is 190 g/mol. The molecule has 1 aliphatic rings. The van der Waals surface area contributed by atoms with E-state index in [0.29, 0.717) is 6.04 Å². The van der Waals surface area contributed by atoms with Crippen LogP contribution in [0.2, 0.25) is 0 Å². The summed E-state index contributed by atoms with van der Waals surface area (Å²) in [5.41, 5.74) is 0. The Hall–Kier alpha value is -1.36. The summed E-state index contributed by atoms with van der Waals surface area (Å²) in [4.78, 5) is 8.26. The van der Waals surface area contributed by atoms with Crippen LogP contribution in [-0.4, -0.2) is 36.1 Å². The first-order chi connectivity index (χ1) is 7.38. The lowest BCUT2D eigenvalue weighted by atomic mass is 10.1. The number of nitrogens with one attached hydrogen (secondary N) is 3. The van der Waals surface area contributed by atoms with Crippen LogP contribution in [-0.2, 0) is 0 Å². The fourth-order valence-electron chi connectivity index (χ4n) is 1.76. The SMILES string of the molecule is CNc1cc(NC2CCCNC2)ncn1. The van der Waals surface area contributed by atoms with Crippen LogP contribution < -0.4 is 16.0 Å². The Kier molecular flexibility index (Phi) is 3.34. The van der Waals surface area contributed by atoms with Gasteiger partial charge in [0.15, 0.2) is 0 Å². The summed E-state index contributed by atoms with van der Waals surface area (Å²) in [5, 5.41) is 9.76. The highest BCUT2D eigenvalue weighted by molar-refractivity contribution is 5.46. The molecule has 0 amide bonds. The topological polar surface area (TPSA) is 61.9 Å². The molecule has 1 unspecified atom stereocenters. The molecule has 15 heavy (non-hydrogen) atoms. The molecule has 0 bridgehead atoms. The zero-order valence-electron chi connectivity index (χ0n) is 8.95. The molecule has 1 aromatic rings. The number of hydrogen-bond acceptors (Lipinski definition) is 5. The van der Waals surface area contributed by atoms with E-state index in [9.17, 15) is 0 Å². The van der Waals surface area contributed by atoms with Crippen molar-refractivity contribution in [1.82, 2.24) is 15.3 Å². The van der Waals surface area contributed by atoms with Crippen LogP contribution in [0.15, 0.2) is 12.4 Å². The highest BCUT2D eigenvalue weighted by atomic mass is 15.1. The van der Waals surface area contributed by atoms with Crippen LogP contribution in [0.3, 0.4) is 0 Å². The normalized spacial score (nSPS) is 21.0. The molecule has 2 rings (SSSR count). The van der Waals surface area contributed by atoms with Crippen molar-refractivity contribution in [2.45, 2.75) is 18.9 Å². The summed E-state index contributed by atoms with van der Waals surface area (Å²) in [6, 6.07) is 2.41. The maximum Gasteiger partial charge on any atom is 0.131 e. The summed E-state index contributed by atoms with van der Waals surface area (Å²) in [7, 11) is 1.86. The zero-order chi connectivity index (χ0) is 10.5. The first kappa shape index (κ1) is 10.2. The molecule has 0 spiro atoms. The van der Waals surface area contributed by atoms with Gasteiger partial charge >= 0.3 is 0 Å². The van der Waals surface area contributed by atoms with Gasteiger partial charge < -0.3 is 16.0 Å². The smallest absolute Gasteiger partial charge is 0.131 e. The van der Waals surface area contributed by atoms with Gasteiger partial charge in [-0.25, -0.2) is 9.97 Å². The highest BCUT2D eigenvalue weighted by Crippen LogP contribution is 2.12. The van der Waals surface area contributed by atoms with Crippen molar-refractivity contribution in [2.24, 2.45) is 0 Å². The van der Waals surface area contributed by atoms with Crippen LogP contribution in [0.4, 0.5) is 11.6 Å². The van der Waals surface area contributed by atoms with E-state index >= 15 is 0 Å². The maximum absolute atomic E-state index is 4.19. The van der Waals surface area contributed by atoms with E-state index in [1.54, 1.807) is 6.33 Å². The monoisotopic (exact) mass is 207 g/mol. The molecule has 2 heterocycles. The third-order valence-corrected chi connectivity index (χ3v) is 2.57. The van der Waals surface area contributed by atoms with E-state index in [4.69, 9.17) is 0 Å². The molecule has 1 fully saturated rings. The molecule has 0 aliphatic carbocycles. The van der Waals surface area contributed by atoms with Gasteiger partial charge in [-0.1, -0.05) is 0 Å². The predicted molar refractivity (Wildman–Crippen MR) is 61.1 cm³/mol. The van der Waals surface area contributed by atoms with Crippen molar-refractivity contribution in [3.63, 3.8) is 0 Å². The molecule has 82 valence electrons. The van der Waals surface area contributed by atoms with Gasteiger partial charge in [-0.15, -0.1) is 0 Å². The lowest BCUT2D eigenvalue weighted by Gasteiger charge is -2.24. The van der Waals surface area contributed by atoms with E-state index in [0.717, 1.165) is 24.7 Å². The average Bonchev–Trinajstić information content (AvgIpc) is 2.31. The van der Waals surface area contributed by atoms with Crippen LogP contribution in [0.1, 0.15) is 12.8 Å². The van der Waals surface area contributed by atoms with Crippen molar-refractivity contribution in [2.75, 3.05) is 30.8 Å². The number of nitrogens with zero attached hydrogens (tertiary/aromatic N) is 2. The molecule has 0 radical (unpaired) electrons. The molecular formula is C10H17N5. The lowest BCUT2D eigenvalue weighted by molar-refractivity contribution is 0.479. The van der Waals surface area contributed by atoms with E-state index < -0.39 is 0 Å². The van der Waals surface area contributed by atoms with E-state index in [-0.39, 0.29) is 0 Å². The van der Waals surface area contributed by atoms with Crippen molar-refractivity contribution < 1.29 is 0 Å². The summed E-state index contributed by atoms with van der Waals surface area (Å²) >= 11 is 0. The van der Waals surface area contributed by atoms with Gasteiger partial charge in [-0.05, 0) is 19.4 Å². The third-order valence-electron chi connectivity index (χ3n) is 2.57. The average molecular weight is 207 g/mol. The largest absolute Gasteiger partial charge is 0.373 e. The summed E-state index contributed by atoms with van der Waals surface area (Å²) in [5.74, 6) is 1.74. The van der Waals surface area contributed by atoms with Crippen LogP contribution >= 0.6 is 0 Å². The molecule has 5 nitrogen and oxygen atoms in total. The quantitative estimate of drug-likeness (QED) is 0.680. The Labute approximate surface area is 89.7 Å². The standard InChI is InChI=1S/C10H17N5/c1-11-9-5-10(14-7-13-9)15-8-3-2-4-12-6-8/h5,7-8,12H,2-4,6H2,1H3,(H2,11,13,14,15). The van der Waals surface area contributed by atoms with Gasteiger partial charge in [0.1, 0.15) is 18.0 Å². The number of aromatic nitrogens is 2. The van der Waals surface area contributed by atoms with Gasteiger partial charge in [0.25, 0.3) is 0 Å². The molecule has 0 aromatic carbocycles. The molecule has 1 saturated heterocycles. The first-order valence-corrected chi connectivity index (χ1v) is 5.35. The molecule has 1 atom stereocenters.